The lowest BCUT2D eigenvalue weighted by atomic mass is 10.2. The molecule has 1 amide bonds. The third kappa shape index (κ3) is 4.31. The predicted molar refractivity (Wildman–Crippen MR) is 105 cm³/mol. The molecule has 28 heavy (non-hydrogen) atoms. The van der Waals surface area contributed by atoms with Gasteiger partial charge in [0.25, 0.3) is 5.91 Å². The Labute approximate surface area is 164 Å². The molecule has 0 unspecified atom stereocenters. The van der Waals surface area contributed by atoms with Crippen LogP contribution in [-0.2, 0) is 4.79 Å². The Balaban J connectivity index is 1.20. The number of hydrogen-bond acceptors (Lipinski definition) is 5. The van der Waals surface area contributed by atoms with Gasteiger partial charge >= 0.3 is 0 Å². The first-order valence-electron chi connectivity index (χ1n) is 9.71. The highest BCUT2D eigenvalue weighted by Crippen LogP contribution is 2.30. The van der Waals surface area contributed by atoms with Gasteiger partial charge in [0, 0.05) is 0 Å². The highest BCUT2D eigenvalue weighted by molar-refractivity contribution is 5.76. The average Bonchev–Trinajstić information content (AvgIpc) is 2.73. The van der Waals surface area contributed by atoms with Gasteiger partial charge in [-0.25, -0.2) is 0 Å². The SMILES string of the molecule is O=C(C[NH+]1CCN(c2ccccc2O)CC1)NC[C@H]1COc2ccccc2O1. The second kappa shape index (κ2) is 8.39. The molecule has 2 aromatic rings. The Kier molecular flexibility index (Phi) is 5.53. The standard InChI is InChI=1S/C21H25N3O4/c25-18-6-2-1-5-17(18)24-11-9-23(10-12-24)14-21(26)22-13-16-15-27-19-7-3-4-8-20(19)28-16/h1-8,16,25H,9-15H2,(H,22,26)/p+1/t16-/m0/s1. The number of nitrogens with one attached hydrogen (secondary N) is 2. The fraction of sp³-hybridized carbons (Fsp3) is 0.381. The second-order valence-corrected chi connectivity index (χ2v) is 7.20. The number of ether oxygens (including phenoxy) is 2. The van der Waals surface area contributed by atoms with Crippen LogP contribution in [0.25, 0.3) is 0 Å². The first-order valence-corrected chi connectivity index (χ1v) is 9.71. The van der Waals surface area contributed by atoms with Crippen molar-refractivity contribution in [2.45, 2.75) is 6.10 Å². The van der Waals surface area contributed by atoms with Crippen LogP contribution < -0.4 is 24.6 Å². The Hall–Kier alpha value is -2.93. The van der Waals surface area contributed by atoms with Crippen molar-refractivity contribution in [2.24, 2.45) is 0 Å². The minimum Gasteiger partial charge on any atom is -0.506 e. The maximum absolute atomic E-state index is 12.3. The van der Waals surface area contributed by atoms with E-state index in [0.717, 1.165) is 43.4 Å². The number of hydrogen-bond donors (Lipinski definition) is 3. The van der Waals surface area contributed by atoms with E-state index in [4.69, 9.17) is 9.47 Å². The predicted octanol–water partition coefficient (Wildman–Crippen LogP) is 0.0533. The van der Waals surface area contributed by atoms with Crippen LogP contribution >= 0.6 is 0 Å². The molecule has 2 aliphatic heterocycles. The zero-order valence-electron chi connectivity index (χ0n) is 15.8. The summed E-state index contributed by atoms with van der Waals surface area (Å²) in [7, 11) is 0. The molecule has 0 spiro atoms. The molecule has 7 nitrogen and oxygen atoms in total. The van der Waals surface area contributed by atoms with E-state index in [1.165, 1.54) is 4.90 Å². The largest absolute Gasteiger partial charge is 0.506 e. The third-order valence-electron chi connectivity index (χ3n) is 5.20. The van der Waals surface area contributed by atoms with Crippen LogP contribution in [0.1, 0.15) is 0 Å². The molecule has 148 valence electrons. The summed E-state index contributed by atoms with van der Waals surface area (Å²) >= 11 is 0. The lowest BCUT2D eigenvalue weighted by Gasteiger charge is -2.33. The summed E-state index contributed by atoms with van der Waals surface area (Å²) in [6, 6.07) is 14.9. The summed E-state index contributed by atoms with van der Waals surface area (Å²) in [5.74, 6) is 1.80. The van der Waals surface area contributed by atoms with Gasteiger partial charge in [0.1, 0.15) is 18.5 Å². The molecule has 2 aromatic carbocycles. The smallest absolute Gasteiger partial charge is 0.275 e. The number of benzene rings is 2. The number of carbonyl (C=O) groups excluding carboxylic acids is 1. The van der Waals surface area contributed by atoms with Crippen LogP contribution in [0, 0.1) is 0 Å². The number of anilines is 1. The fourth-order valence-electron chi connectivity index (χ4n) is 3.65. The first kappa shape index (κ1) is 18.4. The van der Waals surface area contributed by atoms with Crippen molar-refractivity contribution in [1.82, 2.24) is 5.32 Å². The van der Waals surface area contributed by atoms with E-state index in [0.29, 0.717) is 25.4 Å². The highest BCUT2D eigenvalue weighted by Gasteiger charge is 2.25. The van der Waals surface area contributed by atoms with Gasteiger partial charge in [0.05, 0.1) is 38.4 Å². The average molecular weight is 384 g/mol. The number of para-hydroxylation sites is 4. The van der Waals surface area contributed by atoms with Gasteiger partial charge < -0.3 is 29.7 Å². The Morgan fingerprint density at radius 1 is 1.11 bits per heavy atom. The van der Waals surface area contributed by atoms with Crippen molar-refractivity contribution in [1.29, 1.82) is 0 Å². The number of aromatic hydroxyl groups is 1. The van der Waals surface area contributed by atoms with E-state index in [9.17, 15) is 9.90 Å². The summed E-state index contributed by atoms with van der Waals surface area (Å²) in [5, 5.41) is 13.0. The van der Waals surface area contributed by atoms with Crippen molar-refractivity contribution in [3.05, 3.63) is 48.5 Å². The summed E-state index contributed by atoms with van der Waals surface area (Å²) in [6.07, 6.45) is -0.174. The maximum atomic E-state index is 12.3. The van der Waals surface area contributed by atoms with Crippen LogP contribution in [-0.4, -0.2) is 63.0 Å². The van der Waals surface area contributed by atoms with Crippen LogP contribution in [0.15, 0.2) is 48.5 Å². The van der Waals surface area contributed by atoms with Gasteiger partial charge in [-0.3, -0.25) is 4.79 Å². The summed E-state index contributed by atoms with van der Waals surface area (Å²) in [5.41, 5.74) is 0.862. The topological polar surface area (TPSA) is 75.5 Å². The van der Waals surface area contributed by atoms with Crippen molar-refractivity contribution < 1.29 is 24.3 Å². The summed E-state index contributed by atoms with van der Waals surface area (Å²) in [6.45, 7) is 4.66. The van der Waals surface area contributed by atoms with E-state index in [-0.39, 0.29) is 12.0 Å². The van der Waals surface area contributed by atoms with Crippen molar-refractivity contribution in [3.63, 3.8) is 0 Å². The molecule has 1 saturated heterocycles. The van der Waals surface area contributed by atoms with Crippen LogP contribution in [0.3, 0.4) is 0 Å². The van der Waals surface area contributed by atoms with E-state index >= 15 is 0 Å². The first-order chi connectivity index (χ1) is 13.7. The number of phenols is 1. The Bertz CT molecular complexity index is 821. The molecule has 0 radical (unpaired) electrons. The molecule has 0 saturated carbocycles. The molecule has 1 fully saturated rings. The monoisotopic (exact) mass is 384 g/mol. The van der Waals surface area contributed by atoms with E-state index < -0.39 is 0 Å². The van der Waals surface area contributed by atoms with Gasteiger partial charge in [-0.05, 0) is 24.3 Å². The van der Waals surface area contributed by atoms with E-state index in [1.54, 1.807) is 6.07 Å². The zero-order chi connectivity index (χ0) is 19.3. The Morgan fingerprint density at radius 2 is 1.82 bits per heavy atom. The lowest BCUT2D eigenvalue weighted by molar-refractivity contribution is -0.892. The fourth-order valence-corrected chi connectivity index (χ4v) is 3.65. The molecule has 2 heterocycles. The number of phenolic OH excluding ortho intramolecular Hbond substituents is 1. The molecule has 2 aliphatic rings. The molecule has 0 bridgehead atoms. The quantitative estimate of drug-likeness (QED) is 0.680. The van der Waals surface area contributed by atoms with Gasteiger partial charge in [-0.15, -0.1) is 0 Å². The number of nitrogens with zero attached hydrogens (tertiary/aromatic N) is 1. The second-order valence-electron chi connectivity index (χ2n) is 7.20. The normalized spacial score (nSPS) is 19.3. The molecule has 7 heteroatoms. The molecular weight excluding hydrogens is 358 g/mol. The zero-order valence-corrected chi connectivity index (χ0v) is 15.8. The molecule has 0 aliphatic carbocycles. The number of amides is 1. The van der Waals surface area contributed by atoms with Crippen molar-refractivity contribution in [2.75, 3.05) is 50.8 Å². The molecular formula is C21H26N3O4+. The number of rotatable bonds is 5. The number of fused-ring (bicyclic) bond motifs is 1. The van der Waals surface area contributed by atoms with Crippen LogP contribution in [0.4, 0.5) is 5.69 Å². The number of quaternary nitrogens is 1. The summed E-state index contributed by atoms with van der Waals surface area (Å²) < 4.78 is 11.5. The van der Waals surface area contributed by atoms with Gasteiger partial charge in [-0.1, -0.05) is 24.3 Å². The van der Waals surface area contributed by atoms with Gasteiger partial charge in [0.2, 0.25) is 0 Å². The van der Waals surface area contributed by atoms with Crippen molar-refractivity contribution >= 4 is 11.6 Å². The minimum atomic E-state index is -0.174. The molecule has 1 atom stereocenters. The Morgan fingerprint density at radius 3 is 2.61 bits per heavy atom. The van der Waals surface area contributed by atoms with Crippen molar-refractivity contribution in [3.8, 4) is 17.2 Å². The lowest BCUT2D eigenvalue weighted by Crippen LogP contribution is -3.16. The molecule has 3 N–H and O–H groups in total. The third-order valence-corrected chi connectivity index (χ3v) is 5.20. The minimum absolute atomic E-state index is 0.0217. The number of piperazine rings is 1. The van der Waals surface area contributed by atoms with Gasteiger partial charge in [0.15, 0.2) is 18.0 Å². The van der Waals surface area contributed by atoms with Crippen LogP contribution in [0.5, 0.6) is 17.2 Å². The maximum Gasteiger partial charge on any atom is 0.275 e. The number of carbonyl (C=O) groups is 1. The van der Waals surface area contributed by atoms with E-state index in [1.807, 2.05) is 42.5 Å². The summed E-state index contributed by atoms with van der Waals surface area (Å²) in [4.78, 5) is 15.7. The van der Waals surface area contributed by atoms with Gasteiger partial charge in [-0.2, -0.15) is 0 Å². The van der Waals surface area contributed by atoms with Crippen LogP contribution in [0.2, 0.25) is 0 Å². The highest BCUT2D eigenvalue weighted by atomic mass is 16.6. The molecule has 0 aromatic heterocycles. The van der Waals surface area contributed by atoms with E-state index in [2.05, 4.69) is 10.2 Å². The molecule has 4 rings (SSSR count).